The van der Waals surface area contributed by atoms with Gasteiger partial charge in [0.25, 0.3) is 17.7 Å². The molecule has 0 aliphatic carbocycles. The average Bonchev–Trinajstić information content (AvgIpc) is 2.73. The number of methoxy groups -OCH3 is 1. The number of carbonyl (C=O) groups excluding carboxylic acids is 3. The molecule has 2 N–H and O–H groups in total. The van der Waals surface area contributed by atoms with Gasteiger partial charge in [0.15, 0.2) is 6.61 Å². The third-order valence-electron chi connectivity index (χ3n) is 4.23. The summed E-state index contributed by atoms with van der Waals surface area (Å²) in [7, 11) is 1.55. The van der Waals surface area contributed by atoms with E-state index >= 15 is 0 Å². The first-order chi connectivity index (χ1) is 14.0. The second-order valence-corrected chi connectivity index (χ2v) is 6.35. The quantitative estimate of drug-likeness (QED) is 0.592. The second-order valence-electron chi connectivity index (χ2n) is 6.35. The van der Waals surface area contributed by atoms with E-state index in [-0.39, 0.29) is 19.1 Å². The maximum Gasteiger partial charge on any atom is 0.265 e. The Morgan fingerprint density at radius 2 is 2.00 bits per heavy atom. The molecular weight excluding hydrogens is 374 g/mol. The Labute approximate surface area is 168 Å². The Morgan fingerprint density at radius 3 is 2.79 bits per heavy atom. The summed E-state index contributed by atoms with van der Waals surface area (Å²) >= 11 is 0. The van der Waals surface area contributed by atoms with Gasteiger partial charge >= 0.3 is 0 Å². The van der Waals surface area contributed by atoms with E-state index in [4.69, 9.17) is 9.47 Å². The molecule has 0 fully saturated rings. The van der Waals surface area contributed by atoms with Crippen molar-refractivity contribution >= 4 is 29.5 Å². The van der Waals surface area contributed by atoms with Crippen molar-refractivity contribution in [3.63, 3.8) is 0 Å². The van der Waals surface area contributed by atoms with Gasteiger partial charge in [-0.05, 0) is 37.3 Å². The number of benzene rings is 2. The van der Waals surface area contributed by atoms with Crippen molar-refractivity contribution in [2.75, 3.05) is 25.2 Å². The number of hydrogen-bond donors (Lipinski definition) is 2. The van der Waals surface area contributed by atoms with E-state index in [0.29, 0.717) is 17.2 Å². The molecule has 1 aliphatic heterocycles. The van der Waals surface area contributed by atoms with Crippen molar-refractivity contribution in [3.05, 3.63) is 59.7 Å². The molecule has 3 rings (SSSR count). The number of carbonyl (C=O) groups is 3. The van der Waals surface area contributed by atoms with Gasteiger partial charge in [-0.25, -0.2) is 0 Å². The van der Waals surface area contributed by atoms with E-state index in [1.165, 1.54) is 11.0 Å². The van der Waals surface area contributed by atoms with Crippen LogP contribution in [-0.4, -0.2) is 38.0 Å². The summed E-state index contributed by atoms with van der Waals surface area (Å²) in [6, 6.07) is 12.5. The minimum atomic E-state index is -0.537. The fourth-order valence-electron chi connectivity index (χ4n) is 2.83. The van der Waals surface area contributed by atoms with E-state index in [2.05, 4.69) is 10.9 Å². The molecule has 1 aliphatic rings. The molecular formula is C21H21N3O5. The first kappa shape index (κ1) is 19.9. The number of anilines is 1. The number of hydrazine groups is 1. The van der Waals surface area contributed by atoms with Crippen LogP contribution in [0.1, 0.15) is 11.1 Å². The van der Waals surface area contributed by atoms with Gasteiger partial charge in [-0.15, -0.1) is 0 Å². The first-order valence-corrected chi connectivity index (χ1v) is 8.91. The molecule has 0 aromatic heterocycles. The summed E-state index contributed by atoms with van der Waals surface area (Å²) in [4.78, 5) is 37.6. The lowest BCUT2D eigenvalue weighted by Crippen LogP contribution is -2.49. The summed E-state index contributed by atoms with van der Waals surface area (Å²) in [6.07, 6.45) is 2.88. The van der Waals surface area contributed by atoms with Crippen molar-refractivity contribution in [3.8, 4) is 11.5 Å². The average molecular weight is 395 g/mol. The fraction of sp³-hybridized carbons (Fsp3) is 0.190. The SMILES string of the molecule is COc1ccc(C)cc1/C=C/C(=O)NNC(=O)CN1C(=O)COc2ccccc21. The Kier molecular flexibility index (Phi) is 6.13. The molecule has 8 nitrogen and oxygen atoms in total. The summed E-state index contributed by atoms with van der Waals surface area (Å²) in [5.41, 5.74) is 6.87. The lowest BCUT2D eigenvalue weighted by atomic mass is 10.1. The van der Waals surface area contributed by atoms with Crippen LogP contribution in [0, 0.1) is 6.92 Å². The highest BCUT2D eigenvalue weighted by Gasteiger charge is 2.26. The summed E-state index contributed by atoms with van der Waals surface area (Å²) in [5, 5.41) is 0. The largest absolute Gasteiger partial charge is 0.496 e. The van der Waals surface area contributed by atoms with Crippen LogP contribution in [0.2, 0.25) is 0 Å². The van der Waals surface area contributed by atoms with Crippen molar-refractivity contribution in [1.29, 1.82) is 0 Å². The van der Waals surface area contributed by atoms with E-state index in [1.54, 1.807) is 37.5 Å². The van der Waals surface area contributed by atoms with Crippen molar-refractivity contribution in [1.82, 2.24) is 10.9 Å². The van der Waals surface area contributed by atoms with E-state index < -0.39 is 11.8 Å². The molecule has 0 saturated heterocycles. The fourth-order valence-corrected chi connectivity index (χ4v) is 2.83. The zero-order valence-electron chi connectivity index (χ0n) is 16.1. The van der Waals surface area contributed by atoms with Crippen LogP contribution in [0.15, 0.2) is 48.5 Å². The number of ether oxygens (including phenoxy) is 2. The van der Waals surface area contributed by atoms with Crippen LogP contribution >= 0.6 is 0 Å². The number of nitrogens with zero attached hydrogens (tertiary/aromatic N) is 1. The molecule has 0 bridgehead atoms. The van der Waals surface area contributed by atoms with Gasteiger partial charge < -0.3 is 9.47 Å². The minimum absolute atomic E-state index is 0.141. The predicted octanol–water partition coefficient (Wildman–Crippen LogP) is 1.59. The highest BCUT2D eigenvalue weighted by atomic mass is 16.5. The molecule has 8 heteroatoms. The summed E-state index contributed by atoms with van der Waals surface area (Å²) in [5.74, 6) is -0.232. The lowest BCUT2D eigenvalue weighted by Gasteiger charge is -2.28. The summed E-state index contributed by atoms with van der Waals surface area (Å²) in [6.45, 7) is 1.55. The maximum atomic E-state index is 12.2. The van der Waals surface area contributed by atoms with Crippen LogP contribution in [-0.2, 0) is 14.4 Å². The summed E-state index contributed by atoms with van der Waals surface area (Å²) < 4.78 is 10.6. The Morgan fingerprint density at radius 1 is 1.21 bits per heavy atom. The number of aryl methyl sites for hydroxylation is 1. The molecule has 29 heavy (non-hydrogen) atoms. The zero-order valence-corrected chi connectivity index (χ0v) is 16.1. The number of para-hydroxylation sites is 2. The standard InChI is InChI=1S/C21H21N3O5/c1-14-7-9-17(28-2)15(11-14)8-10-19(25)22-23-20(26)12-24-16-5-3-4-6-18(16)29-13-21(24)27/h3-11H,12-13H2,1-2H3,(H,22,25)(H,23,26)/b10-8+. The molecule has 0 spiro atoms. The Balaban J connectivity index is 1.57. The third-order valence-corrected chi connectivity index (χ3v) is 4.23. The molecule has 150 valence electrons. The lowest BCUT2D eigenvalue weighted by molar-refractivity contribution is -0.127. The smallest absolute Gasteiger partial charge is 0.265 e. The van der Waals surface area contributed by atoms with Gasteiger partial charge in [0, 0.05) is 11.6 Å². The molecule has 0 unspecified atom stereocenters. The highest BCUT2D eigenvalue weighted by molar-refractivity contribution is 6.02. The topological polar surface area (TPSA) is 97.0 Å². The highest BCUT2D eigenvalue weighted by Crippen LogP contribution is 2.31. The Hall–Kier alpha value is -3.81. The van der Waals surface area contributed by atoms with Gasteiger partial charge in [-0.3, -0.25) is 30.1 Å². The zero-order chi connectivity index (χ0) is 20.8. The van der Waals surface area contributed by atoms with E-state index in [1.807, 2.05) is 25.1 Å². The van der Waals surface area contributed by atoms with Gasteiger partial charge in [0.1, 0.15) is 18.0 Å². The number of nitrogens with one attached hydrogen (secondary N) is 2. The molecule has 0 atom stereocenters. The monoisotopic (exact) mass is 395 g/mol. The van der Waals surface area contributed by atoms with Crippen LogP contribution in [0.25, 0.3) is 6.08 Å². The van der Waals surface area contributed by atoms with E-state index in [9.17, 15) is 14.4 Å². The van der Waals surface area contributed by atoms with Gasteiger partial charge in [0.2, 0.25) is 0 Å². The number of amides is 3. The maximum absolute atomic E-state index is 12.2. The normalized spacial score (nSPS) is 12.9. The molecule has 1 heterocycles. The molecule has 2 aromatic rings. The van der Waals surface area contributed by atoms with Crippen molar-refractivity contribution in [2.45, 2.75) is 6.92 Å². The van der Waals surface area contributed by atoms with Crippen molar-refractivity contribution in [2.24, 2.45) is 0 Å². The van der Waals surface area contributed by atoms with Crippen molar-refractivity contribution < 1.29 is 23.9 Å². The van der Waals surface area contributed by atoms with Crippen LogP contribution in [0.3, 0.4) is 0 Å². The van der Waals surface area contributed by atoms with Crippen LogP contribution < -0.4 is 25.2 Å². The predicted molar refractivity (Wildman–Crippen MR) is 107 cm³/mol. The molecule has 3 amide bonds. The van der Waals surface area contributed by atoms with Gasteiger partial charge in [-0.1, -0.05) is 23.8 Å². The first-order valence-electron chi connectivity index (χ1n) is 8.91. The number of rotatable bonds is 5. The Bertz CT molecular complexity index is 971. The second kappa shape index (κ2) is 8.92. The number of fused-ring (bicyclic) bond motifs is 1. The van der Waals surface area contributed by atoms with Crippen LogP contribution in [0.4, 0.5) is 5.69 Å². The van der Waals surface area contributed by atoms with E-state index in [0.717, 1.165) is 11.1 Å². The minimum Gasteiger partial charge on any atom is -0.496 e. The molecule has 0 saturated carbocycles. The third kappa shape index (κ3) is 4.92. The van der Waals surface area contributed by atoms with Gasteiger partial charge in [0.05, 0.1) is 12.8 Å². The van der Waals surface area contributed by atoms with Crippen LogP contribution in [0.5, 0.6) is 11.5 Å². The van der Waals surface area contributed by atoms with Gasteiger partial charge in [-0.2, -0.15) is 0 Å². The molecule has 2 aromatic carbocycles. The number of hydrogen-bond acceptors (Lipinski definition) is 5. The molecule has 0 radical (unpaired) electrons.